The van der Waals surface area contributed by atoms with E-state index in [2.05, 4.69) is 15.5 Å². The Morgan fingerprint density at radius 2 is 1.76 bits per heavy atom. The van der Waals surface area contributed by atoms with Crippen LogP contribution < -0.4 is 5.32 Å². The summed E-state index contributed by atoms with van der Waals surface area (Å²) in [5.41, 5.74) is 1.99. The van der Waals surface area contributed by atoms with Crippen LogP contribution in [-0.4, -0.2) is 47.2 Å². The number of aromatic nitrogens is 2. The van der Waals surface area contributed by atoms with Crippen molar-refractivity contribution >= 4 is 18.3 Å². The van der Waals surface area contributed by atoms with Crippen molar-refractivity contribution in [2.24, 2.45) is 11.8 Å². The molecule has 0 bridgehead atoms. The highest BCUT2D eigenvalue weighted by Gasteiger charge is 2.32. The second-order valence-electron chi connectivity index (χ2n) is 6.71. The number of hydrogen-bond donors (Lipinski definition) is 2. The van der Waals surface area contributed by atoms with E-state index in [1.807, 2.05) is 4.90 Å². The molecular formula is C18H22ClFN4O. The van der Waals surface area contributed by atoms with Crippen LogP contribution in [0, 0.1) is 17.7 Å². The number of rotatable bonds is 2. The Kier molecular flexibility index (Phi) is 5.39. The summed E-state index contributed by atoms with van der Waals surface area (Å²) >= 11 is 0. The lowest BCUT2D eigenvalue weighted by Crippen LogP contribution is -2.32. The van der Waals surface area contributed by atoms with E-state index < -0.39 is 0 Å². The Morgan fingerprint density at radius 3 is 2.40 bits per heavy atom. The van der Waals surface area contributed by atoms with E-state index in [4.69, 9.17) is 0 Å². The third-order valence-corrected chi connectivity index (χ3v) is 5.31. The van der Waals surface area contributed by atoms with E-state index in [-0.39, 0.29) is 24.1 Å². The monoisotopic (exact) mass is 364 g/mol. The fourth-order valence-corrected chi connectivity index (χ4v) is 3.88. The van der Waals surface area contributed by atoms with Crippen molar-refractivity contribution in [3.05, 3.63) is 41.8 Å². The van der Waals surface area contributed by atoms with Crippen LogP contribution in [0.25, 0.3) is 11.3 Å². The fraction of sp³-hybridized carbons (Fsp3) is 0.444. The van der Waals surface area contributed by atoms with Crippen LogP contribution in [0.4, 0.5) is 4.39 Å². The fourth-order valence-electron chi connectivity index (χ4n) is 3.88. The Labute approximate surface area is 152 Å². The minimum atomic E-state index is -0.293. The molecule has 2 N–H and O–H groups in total. The van der Waals surface area contributed by atoms with Gasteiger partial charge in [0.05, 0.1) is 17.5 Å². The van der Waals surface area contributed by atoms with Gasteiger partial charge in [-0.05, 0) is 62.0 Å². The number of likely N-dealkylation sites (tertiary alicyclic amines) is 1. The van der Waals surface area contributed by atoms with Gasteiger partial charge in [-0.2, -0.15) is 5.10 Å². The van der Waals surface area contributed by atoms with Crippen LogP contribution in [-0.2, 0) is 0 Å². The highest BCUT2D eigenvalue weighted by molar-refractivity contribution is 5.99. The smallest absolute Gasteiger partial charge is 0.257 e. The molecule has 2 aliphatic rings. The molecule has 4 rings (SSSR count). The van der Waals surface area contributed by atoms with Gasteiger partial charge in [-0.1, -0.05) is 0 Å². The molecule has 7 heteroatoms. The summed E-state index contributed by atoms with van der Waals surface area (Å²) in [6.45, 7) is 3.71. The van der Waals surface area contributed by atoms with E-state index in [9.17, 15) is 9.18 Å². The van der Waals surface area contributed by atoms with Gasteiger partial charge in [0.2, 0.25) is 0 Å². The van der Waals surface area contributed by atoms with Gasteiger partial charge in [0.25, 0.3) is 5.91 Å². The first-order valence-corrected chi connectivity index (χ1v) is 8.51. The molecule has 0 unspecified atom stereocenters. The molecule has 5 nitrogen and oxygen atoms in total. The molecule has 0 aliphatic carbocycles. The molecule has 2 saturated heterocycles. The summed E-state index contributed by atoms with van der Waals surface area (Å²) in [5, 5.41) is 10.4. The number of nitrogens with zero attached hydrogens (tertiary/aromatic N) is 2. The van der Waals surface area contributed by atoms with Gasteiger partial charge >= 0.3 is 0 Å². The quantitative estimate of drug-likeness (QED) is 0.861. The van der Waals surface area contributed by atoms with E-state index >= 15 is 0 Å². The topological polar surface area (TPSA) is 61.0 Å². The van der Waals surface area contributed by atoms with Gasteiger partial charge in [0, 0.05) is 18.7 Å². The maximum absolute atomic E-state index is 13.1. The van der Waals surface area contributed by atoms with Gasteiger partial charge in [0.1, 0.15) is 5.82 Å². The number of hydrogen-bond acceptors (Lipinski definition) is 3. The molecule has 2 atom stereocenters. The number of nitrogens with one attached hydrogen (secondary N) is 2. The van der Waals surface area contributed by atoms with E-state index in [1.54, 1.807) is 18.3 Å². The van der Waals surface area contributed by atoms with Crippen molar-refractivity contribution in [2.75, 3.05) is 26.2 Å². The summed E-state index contributed by atoms with van der Waals surface area (Å²) in [6, 6.07) is 6.12. The summed E-state index contributed by atoms with van der Waals surface area (Å²) in [5.74, 6) is 1.09. The number of amides is 1. The lowest BCUT2D eigenvalue weighted by Gasteiger charge is -2.21. The molecule has 0 spiro atoms. The van der Waals surface area contributed by atoms with E-state index in [0.29, 0.717) is 23.1 Å². The SMILES string of the molecule is Cl.O=C(c1cn[nH]c1-c1ccc(F)cc1)N1CC[C@@H]2CNC[C@@H]2CC1. The maximum atomic E-state index is 13.1. The predicted octanol–water partition coefficient (Wildman–Crippen LogP) is 2.71. The van der Waals surface area contributed by atoms with E-state index in [1.165, 1.54) is 12.1 Å². The first kappa shape index (κ1) is 17.9. The average molecular weight is 365 g/mol. The Morgan fingerprint density at radius 1 is 1.12 bits per heavy atom. The zero-order chi connectivity index (χ0) is 16.5. The van der Waals surface area contributed by atoms with Crippen molar-refractivity contribution in [2.45, 2.75) is 12.8 Å². The second-order valence-corrected chi connectivity index (χ2v) is 6.71. The number of carbonyl (C=O) groups excluding carboxylic acids is 1. The zero-order valence-corrected chi connectivity index (χ0v) is 14.7. The third kappa shape index (κ3) is 3.55. The minimum Gasteiger partial charge on any atom is -0.339 e. The molecule has 2 aliphatic heterocycles. The zero-order valence-electron chi connectivity index (χ0n) is 13.9. The molecule has 1 amide bonds. The normalized spacial score (nSPS) is 22.8. The van der Waals surface area contributed by atoms with Gasteiger partial charge < -0.3 is 10.2 Å². The number of carbonyl (C=O) groups is 1. The minimum absolute atomic E-state index is 0. The number of H-pyrrole nitrogens is 1. The number of halogens is 2. The molecule has 134 valence electrons. The van der Waals surface area contributed by atoms with Crippen LogP contribution in [0.1, 0.15) is 23.2 Å². The molecular weight excluding hydrogens is 343 g/mol. The molecule has 1 aromatic heterocycles. The van der Waals surface area contributed by atoms with Gasteiger partial charge in [-0.15, -0.1) is 12.4 Å². The average Bonchev–Trinajstić information content (AvgIpc) is 3.21. The highest BCUT2D eigenvalue weighted by atomic mass is 35.5. The Hall–Kier alpha value is -1.92. The predicted molar refractivity (Wildman–Crippen MR) is 96.2 cm³/mol. The van der Waals surface area contributed by atoms with Crippen LogP contribution in [0.3, 0.4) is 0 Å². The van der Waals surface area contributed by atoms with Crippen molar-refractivity contribution in [3.8, 4) is 11.3 Å². The molecule has 0 radical (unpaired) electrons. The molecule has 2 aromatic rings. The Bertz CT molecular complexity index is 719. The van der Waals surface area contributed by atoms with Crippen molar-refractivity contribution in [1.82, 2.24) is 20.4 Å². The number of aromatic amines is 1. The molecule has 3 heterocycles. The molecule has 1 aromatic carbocycles. The summed E-state index contributed by atoms with van der Waals surface area (Å²) < 4.78 is 13.1. The lowest BCUT2D eigenvalue weighted by molar-refractivity contribution is 0.0759. The summed E-state index contributed by atoms with van der Waals surface area (Å²) in [7, 11) is 0. The Balaban J connectivity index is 0.00000182. The van der Waals surface area contributed by atoms with E-state index in [0.717, 1.165) is 44.6 Å². The highest BCUT2D eigenvalue weighted by Crippen LogP contribution is 2.29. The van der Waals surface area contributed by atoms with Gasteiger partial charge in [-0.25, -0.2) is 4.39 Å². The summed E-state index contributed by atoms with van der Waals surface area (Å²) in [4.78, 5) is 14.9. The number of fused-ring (bicyclic) bond motifs is 1. The summed E-state index contributed by atoms with van der Waals surface area (Å²) in [6.07, 6.45) is 3.68. The third-order valence-electron chi connectivity index (χ3n) is 5.31. The second kappa shape index (κ2) is 7.54. The van der Waals surface area contributed by atoms with Crippen molar-refractivity contribution < 1.29 is 9.18 Å². The first-order valence-electron chi connectivity index (χ1n) is 8.51. The van der Waals surface area contributed by atoms with Crippen molar-refractivity contribution in [3.63, 3.8) is 0 Å². The van der Waals surface area contributed by atoms with Crippen LogP contribution in [0.5, 0.6) is 0 Å². The lowest BCUT2D eigenvalue weighted by atomic mass is 9.92. The molecule has 0 saturated carbocycles. The van der Waals surface area contributed by atoms with Crippen molar-refractivity contribution in [1.29, 1.82) is 0 Å². The standard InChI is InChI=1S/C18H21FN4O.ClH/c19-15-3-1-12(2-4-15)17-16(11-21-22-17)18(24)23-7-5-13-9-20-10-14(13)6-8-23;/h1-4,11,13-14,20H,5-10H2,(H,21,22);1H/t13-,14+;. The van der Waals surface area contributed by atoms with Gasteiger partial charge in [-0.3, -0.25) is 9.89 Å². The number of benzene rings is 1. The first-order chi connectivity index (χ1) is 11.7. The van der Waals surface area contributed by atoms with Crippen LogP contribution in [0.2, 0.25) is 0 Å². The van der Waals surface area contributed by atoms with Crippen LogP contribution >= 0.6 is 12.4 Å². The molecule has 25 heavy (non-hydrogen) atoms. The largest absolute Gasteiger partial charge is 0.339 e. The van der Waals surface area contributed by atoms with Gasteiger partial charge in [0.15, 0.2) is 0 Å². The maximum Gasteiger partial charge on any atom is 0.257 e. The van der Waals surface area contributed by atoms with Crippen LogP contribution in [0.15, 0.2) is 30.5 Å². The molecule has 2 fully saturated rings.